The summed E-state index contributed by atoms with van der Waals surface area (Å²) in [6, 6.07) is 7.63. The molecule has 0 fully saturated rings. The fourth-order valence-corrected chi connectivity index (χ4v) is 1.80. The third kappa shape index (κ3) is 2.90. The van der Waals surface area contributed by atoms with Crippen LogP contribution in [0.5, 0.6) is 0 Å². The van der Waals surface area contributed by atoms with Gasteiger partial charge in [0.25, 0.3) is 5.56 Å². The summed E-state index contributed by atoms with van der Waals surface area (Å²) in [6.45, 7) is 6.54. The molecule has 0 radical (unpaired) electrons. The van der Waals surface area contributed by atoms with E-state index in [-0.39, 0.29) is 11.0 Å². The first-order valence-corrected chi connectivity index (χ1v) is 6.31. The molecule has 100 valence electrons. The number of hydrogen-bond acceptors (Lipinski definition) is 3. The van der Waals surface area contributed by atoms with Crippen LogP contribution in [0.2, 0.25) is 0 Å². The summed E-state index contributed by atoms with van der Waals surface area (Å²) in [7, 11) is 0. The molecule has 0 aliphatic carbocycles. The molecule has 0 aliphatic rings. The maximum atomic E-state index is 12.1. The van der Waals surface area contributed by atoms with Gasteiger partial charge >= 0.3 is 0 Å². The molecule has 0 saturated heterocycles. The molecule has 0 atom stereocenters. The van der Waals surface area contributed by atoms with Gasteiger partial charge in [0.05, 0.1) is 5.56 Å². The van der Waals surface area contributed by atoms with Crippen molar-refractivity contribution in [1.82, 2.24) is 9.97 Å². The van der Waals surface area contributed by atoms with E-state index in [9.17, 15) is 4.79 Å². The van der Waals surface area contributed by atoms with Gasteiger partial charge in [-0.2, -0.15) is 0 Å². The van der Waals surface area contributed by atoms with Crippen molar-refractivity contribution in [2.45, 2.75) is 32.7 Å². The molecule has 4 heteroatoms. The van der Waals surface area contributed by atoms with Gasteiger partial charge in [0.2, 0.25) is 0 Å². The first kappa shape index (κ1) is 13.5. The maximum Gasteiger partial charge on any atom is 0.258 e. The summed E-state index contributed by atoms with van der Waals surface area (Å²) in [5, 5.41) is 0. The number of hydrogen-bond donors (Lipinski definition) is 2. The van der Waals surface area contributed by atoms with E-state index in [4.69, 9.17) is 5.73 Å². The molecule has 1 heterocycles. The number of aromatic nitrogens is 2. The Balaban J connectivity index is 2.43. The Kier molecular flexibility index (Phi) is 3.53. The summed E-state index contributed by atoms with van der Waals surface area (Å²) in [4.78, 5) is 19.3. The van der Waals surface area contributed by atoms with Crippen molar-refractivity contribution >= 4 is 0 Å². The molecular formula is C15H19N3O. The zero-order valence-corrected chi connectivity index (χ0v) is 11.5. The van der Waals surface area contributed by atoms with E-state index < -0.39 is 0 Å². The van der Waals surface area contributed by atoms with E-state index in [0.717, 1.165) is 11.1 Å². The van der Waals surface area contributed by atoms with Gasteiger partial charge in [-0.1, -0.05) is 45.0 Å². The summed E-state index contributed by atoms with van der Waals surface area (Å²) >= 11 is 0. The lowest BCUT2D eigenvalue weighted by atomic mass is 9.95. The van der Waals surface area contributed by atoms with Crippen LogP contribution in [-0.4, -0.2) is 9.97 Å². The largest absolute Gasteiger partial charge is 0.326 e. The highest BCUT2D eigenvalue weighted by molar-refractivity contribution is 5.61. The van der Waals surface area contributed by atoms with Gasteiger partial charge in [-0.3, -0.25) is 4.79 Å². The van der Waals surface area contributed by atoms with Crippen LogP contribution in [0.3, 0.4) is 0 Å². The van der Waals surface area contributed by atoms with Crippen molar-refractivity contribution in [3.8, 4) is 11.1 Å². The van der Waals surface area contributed by atoms with Crippen molar-refractivity contribution in [2.24, 2.45) is 5.73 Å². The highest BCUT2D eigenvalue weighted by Gasteiger charge is 2.17. The Morgan fingerprint density at radius 2 is 1.84 bits per heavy atom. The zero-order chi connectivity index (χ0) is 14.0. The number of H-pyrrole nitrogens is 1. The minimum Gasteiger partial charge on any atom is -0.326 e. The number of aromatic amines is 1. The van der Waals surface area contributed by atoms with Crippen LogP contribution < -0.4 is 11.3 Å². The van der Waals surface area contributed by atoms with Crippen LogP contribution >= 0.6 is 0 Å². The van der Waals surface area contributed by atoms with Crippen LogP contribution in [0, 0.1) is 0 Å². The predicted octanol–water partition coefficient (Wildman–Crippen LogP) is 2.19. The molecular weight excluding hydrogens is 238 g/mol. The molecule has 0 unspecified atom stereocenters. The van der Waals surface area contributed by atoms with E-state index in [1.807, 2.05) is 45.0 Å². The number of rotatable bonds is 2. The average molecular weight is 257 g/mol. The van der Waals surface area contributed by atoms with Crippen LogP contribution in [-0.2, 0) is 12.0 Å². The predicted molar refractivity (Wildman–Crippen MR) is 76.9 cm³/mol. The molecule has 0 spiro atoms. The summed E-state index contributed by atoms with van der Waals surface area (Å²) in [5.74, 6) is 0.694. The second-order valence-electron chi connectivity index (χ2n) is 5.63. The van der Waals surface area contributed by atoms with Gasteiger partial charge in [0.1, 0.15) is 5.82 Å². The molecule has 0 saturated carbocycles. The Morgan fingerprint density at radius 1 is 1.21 bits per heavy atom. The van der Waals surface area contributed by atoms with Gasteiger partial charge in [-0.15, -0.1) is 0 Å². The second-order valence-corrected chi connectivity index (χ2v) is 5.63. The van der Waals surface area contributed by atoms with Crippen molar-refractivity contribution in [2.75, 3.05) is 0 Å². The van der Waals surface area contributed by atoms with Gasteiger partial charge in [0.15, 0.2) is 0 Å². The van der Waals surface area contributed by atoms with E-state index in [0.29, 0.717) is 17.9 Å². The summed E-state index contributed by atoms with van der Waals surface area (Å²) < 4.78 is 0. The minimum absolute atomic E-state index is 0.111. The number of benzene rings is 1. The second kappa shape index (κ2) is 4.97. The number of nitrogens with two attached hydrogens (primary N) is 1. The lowest BCUT2D eigenvalue weighted by molar-refractivity contribution is 0.543. The first-order valence-electron chi connectivity index (χ1n) is 6.31. The third-order valence-corrected chi connectivity index (χ3v) is 3.01. The molecule has 4 nitrogen and oxygen atoms in total. The van der Waals surface area contributed by atoms with Crippen LogP contribution in [0.25, 0.3) is 11.1 Å². The molecule has 0 aliphatic heterocycles. The molecule has 0 bridgehead atoms. The monoisotopic (exact) mass is 257 g/mol. The zero-order valence-electron chi connectivity index (χ0n) is 11.5. The SMILES string of the molecule is CC(C)(C)c1ncc(-c2ccc(CN)cc2)c(=O)[nH]1. The minimum atomic E-state index is -0.166. The maximum absolute atomic E-state index is 12.1. The molecule has 3 N–H and O–H groups in total. The average Bonchev–Trinajstić information content (AvgIpc) is 2.38. The Bertz CT molecular complexity index is 621. The lowest BCUT2D eigenvalue weighted by Crippen LogP contribution is -2.22. The highest BCUT2D eigenvalue weighted by Crippen LogP contribution is 2.19. The van der Waals surface area contributed by atoms with Gasteiger partial charge in [-0.25, -0.2) is 4.98 Å². The standard InChI is InChI=1S/C15H19N3O/c1-15(2,3)14-17-9-12(13(19)18-14)11-6-4-10(8-16)5-7-11/h4-7,9H,8,16H2,1-3H3,(H,17,18,19). The number of nitrogens with one attached hydrogen (secondary N) is 1. The topological polar surface area (TPSA) is 71.8 Å². The quantitative estimate of drug-likeness (QED) is 0.866. The normalized spacial score (nSPS) is 11.6. The lowest BCUT2D eigenvalue weighted by Gasteiger charge is -2.16. The van der Waals surface area contributed by atoms with E-state index in [1.54, 1.807) is 6.20 Å². The Hall–Kier alpha value is -1.94. The van der Waals surface area contributed by atoms with E-state index in [1.165, 1.54) is 0 Å². The number of nitrogens with zero attached hydrogens (tertiary/aromatic N) is 1. The molecule has 2 rings (SSSR count). The fraction of sp³-hybridized carbons (Fsp3) is 0.333. The van der Waals surface area contributed by atoms with E-state index >= 15 is 0 Å². The highest BCUT2D eigenvalue weighted by atomic mass is 16.1. The molecule has 2 aromatic rings. The Labute approximate surface area is 112 Å². The Morgan fingerprint density at radius 3 is 2.32 bits per heavy atom. The molecule has 1 aromatic heterocycles. The fourth-order valence-electron chi connectivity index (χ4n) is 1.80. The van der Waals surface area contributed by atoms with Crippen LogP contribution in [0.15, 0.2) is 35.3 Å². The third-order valence-electron chi connectivity index (χ3n) is 3.01. The van der Waals surface area contributed by atoms with Crippen molar-refractivity contribution in [1.29, 1.82) is 0 Å². The van der Waals surface area contributed by atoms with Crippen molar-refractivity contribution < 1.29 is 0 Å². The van der Waals surface area contributed by atoms with Gasteiger partial charge in [-0.05, 0) is 11.1 Å². The van der Waals surface area contributed by atoms with Crippen LogP contribution in [0.1, 0.15) is 32.2 Å². The van der Waals surface area contributed by atoms with Crippen molar-refractivity contribution in [3.63, 3.8) is 0 Å². The molecule has 1 aromatic carbocycles. The molecule has 19 heavy (non-hydrogen) atoms. The molecule has 0 amide bonds. The van der Waals surface area contributed by atoms with E-state index in [2.05, 4.69) is 9.97 Å². The van der Waals surface area contributed by atoms with Gasteiger partial charge < -0.3 is 10.7 Å². The first-order chi connectivity index (χ1) is 8.91. The van der Waals surface area contributed by atoms with Gasteiger partial charge in [0, 0.05) is 18.2 Å². The summed E-state index contributed by atoms with van der Waals surface area (Å²) in [5.41, 5.74) is 7.75. The van der Waals surface area contributed by atoms with Crippen molar-refractivity contribution in [3.05, 3.63) is 52.2 Å². The van der Waals surface area contributed by atoms with Crippen LogP contribution in [0.4, 0.5) is 0 Å². The summed E-state index contributed by atoms with van der Waals surface area (Å²) in [6.07, 6.45) is 1.64. The smallest absolute Gasteiger partial charge is 0.258 e.